The number of aromatic amines is 1. The maximum atomic E-state index is 15.3. The molecule has 0 spiro atoms. The molecule has 0 radical (unpaired) electrons. The summed E-state index contributed by atoms with van der Waals surface area (Å²) in [7, 11) is 0. The number of rotatable bonds is 4. The lowest BCUT2D eigenvalue weighted by molar-refractivity contribution is 0.0957. The van der Waals surface area contributed by atoms with Gasteiger partial charge in [0.2, 0.25) is 5.95 Å². The van der Waals surface area contributed by atoms with E-state index in [1.165, 1.54) is 24.5 Å². The number of furan rings is 1. The molecule has 4 heterocycles. The van der Waals surface area contributed by atoms with Gasteiger partial charge in [0.1, 0.15) is 11.3 Å². The minimum absolute atomic E-state index is 0.0920. The van der Waals surface area contributed by atoms with Crippen LogP contribution in [0.1, 0.15) is 20.2 Å². The summed E-state index contributed by atoms with van der Waals surface area (Å²) < 4.78 is 56.5. The van der Waals surface area contributed by atoms with E-state index in [1.54, 1.807) is 22.3 Å². The molecule has 1 fully saturated rings. The van der Waals surface area contributed by atoms with Crippen molar-refractivity contribution >= 4 is 33.5 Å². The molecule has 1 saturated heterocycles. The van der Waals surface area contributed by atoms with Crippen molar-refractivity contribution in [2.75, 3.05) is 38.1 Å². The van der Waals surface area contributed by atoms with E-state index in [2.05, 4.69) is 9.97 Å². The molecule has 0 saturated carbocycles. The predicted octanol–water partition coefficient (Wildman–Crippen LogP) is 2.63. The van der Waals surface area contributed by atoms with Gasteiger partial charge in [0.05, 0.1) is 22.9 Å². The molecule has 0 aliphatic carbocycles. The van der Waals surface area contributed by atoms with Crippen molar-refractivity contribution in [2.45, 2.75) is 6.54 Å². The van der Waals surface area contributed by atoms with Crippen LogP contribution in [0.5, 0.6) is 0 Å². The van der Waals surface area contributed by atoms with Crippen LogP contribution in [0.2, 0.25) is 0 Å². The van der Waals surface area contributed by atoms with Gasteiger partial charge in [-0.05, 0) is 24.3 Å². The molecule has 3 aromatic heterocycles. The number of aromatic nitrogens is 2. The molecule has 5 rings (SSSR count). The van der Waals surface area contributed by atoms with Crippen LogP contribution >= 0.6 is 0 Å². The fourth-order valence-corrected chi connectivity index (χ4v) is 4.17. The lowest BCUT2D eigenvalue weighted by Crippen LogP contribution is -2.46. The van der Waals surface area contributed by atoms with Gasteiger partial charge in [-0.25, -0.2) is 9.37 Å². The van der Waals surface area contributed by atoms with Crippen molar-refractivity contribution in [3.63, 3.8) is 0 Å². The summed E-state index contributed by atoms with van der Waals surface area (Å²) in [4.78, 5) is 34.1. The van der Waals surface area contributed by atoms with Crippen LogP contribution in [0.15, 0.2) is 45.8 Å². The van der Waals surface area contributed by atoms with Gasteiger partial charge in [0, 0.05) is 54.8 Å². The second kappa shape index (κ2) is 8.28. The molecule has 33 heavy (non-hydrogen) atoms. The van der Waals surface area contributed by atoms with Crippen molar-refractivity contribution in [1.29, 1.82) is 0 Å². The number of halogens is 2. The Morgan fingerprint density at radius 1 is 1.18 bits per heavy atom. The summed E-state index contributed by atoms with van der Waals surface area (Å²) >= 11 is 0. The van der Waals surface area contributed by atoms with E-state index in [0.717, 1.165) is 0 Å². The van der Waals surface area contributed by atoms with Gasteiger partial charge in [-0.1, -0.05) is 6.07 Å². The Kier molecular flexibility index (Phi) is 4.45. The molecular weight excluding hydrogens is 432 g/mol. The first-order valence-electron chi connectivity index (χ1n) is 11.8. The molecule has 8 nitrogen and oxygen atoms in total. The molecule has 0 unspecified atom stereocenters. The van der Waals surface area contributed by atoms with Crippen molar-refractivity contribution in [3.05, 3.63) is 70.0 Å². The fourth-order valence-electron chi connectivity index (χ4n) is 4.17. The van der Waals surface area contributed by atoms with E-state index in [-0.39, 0.29) is 16.9 Å². The number of hydrogen-bond donors (Lipinski definition) is 2. The molecule has 1 aromatic carbocycles. The average molecular weight is 456 g/mol. The Bertz CT molecular complexity index is 1530. The number of pyridine rings is 2. The SMILES string of the molecule is [2H]C([2H])([2H])NC(=O)c1ccc(N2CCN(Cc3ccc4c([nH]c(=O)c5ccoc54)c3F)CC2)c(F)n1. The number of piperazine rings is 1. The number of anilines is 1. The molecule has 1 amide bonds. The van der Waals surface area contributed by atoms with E-state index in [1.807, 2.05) is 4.90 Å². The summed E-state index contributed by atoms with van der Waals surface area (Å²) in [6.45, 7) is -0.535. The third kappa shape index (κ3) is 3.72. The Morgan fingerprint density at radius 2 is 2.00 bits per heavy atom. The van der Waals surface area contributed by atoms with Gasteiger partial charge in [-0.2, -0.15) is 4.39 Å². The smallest absolute Gasteiger partial charge is 0.269 e. The molecule has 10 heteroatoms. The van der Waals surface area contributed by atoms with Crippen molar-refractivity contribution in [1.82, 2.24) is 20.2 Å². The summed E-state index contributed by atoms with van der Waals surface area (Å²) in [5.41, 5.74) is 0.280. The lowest BCUT2D eigenvalue weighted by atomic mass is 10.1. The van der Waals surface area contributed by atoms with Gasteiger partial charge in [0.15, 0.2) is 5.82 Å². The monoisotopic (exact) mass is 456 g/mol. The number of amides is 1. The average Bonchev–Trinajstić information content (AvgIpc) is 3.32. The van der Waals surface area contributed by atoms with Crippen LogP contribution in [0.3, 0.4) is 0 Å². The van der Waals surface area contributed by atoms with Gasteiger partial charge >= 0.3 is 0 Å². The fraction of sp³-hybridized carbons (Fsp3) is 0.261. The number of fused-ring (bicyclic) bond motifs is 3. The summed E-state index contributed by atoms with van der Waals surface area (Å²) in [5.74, 6) is -2.39. The third-order valence-electron chi connectivity index (χ3n) is 5.90. The molecule has 170 valence electrons. The molecule has 0 bridgehead atoms. The maximum Gasteiger partial charge on any atom is 0.269 e. The van der Waals surface area contributed by atoms with Crippen LogP contribution < -0.4 is 15.8 Å². The Labute approximate surface area is 191 Å². The third-order valence-corrected chi connectivity index (χ3v) is 5.90. The van der Waals surface area contributed by atoms with E-state index in [9.17, 15) is 14.0 Å². The highest BCUT2D eigenvalue weighted by atomic mass is 19.1. The van der Waals surface area contributed by atoms with Gasteiger partial charge in [-0.15, -0.1) is 0 Å². The van der Waals surface area contributed by atoms with Crippen LogP contribution in [-0.2, 0) is 6.54 Å². The van der Waals surface area contributed by atoms with Gasteiger partial charge in [0.25, 0.3) is 11.5 Å². The molecule has 1 aliphatic heterocycles. The highest BCUT2D eigenvalue weighted by molar-refractivity contribution is 6.02. The zero-order chi connectivity index (χ0) is 25.6. The number of carbonyl (C=O) groups excluding carboxylic acids is 1. The lowest BCUT2D eigenvalue weighted by Gasteiger charge is -2.36. The first-order chi connectivity index (χ1) is 17.1. The number of nitrogens with zero attached hydrogens (tertiary/aromatic N) is 3. The van der Waals surface area contributed by atoms with Crippen LogP contribution in [0.4, 0.5) is 14.5 Å². The standard InChI is InChI=1S/C23H21F2N5O3/c1-26-23(32)16-4-5-17(21(25)27-16)30-9-7-29(8-10-30)12-13-2-3-14-19(18(13)24)28-22(31)15-6-11-33-20(14)15/h2-6,11H,7-10,12H2,1H3,(H,26,32)(H,28,31)/i1D3. The van der Waals surface area contributed by atoms with Crippen molar-refractivity contribution in [3.8, 4) is 0 Å². The minimum Gasteiger partial charge on any atom is -0.463 e. The molecular formula is C23H21F2N5O3. The molecule has 0 atom stereocenters. The zero-order valence-corrected chi connectivity index (χ0v) is 17.3. The normalized spacial score (nSPS) is 16.5. The van der Waals surface area contributed by atoms with Crippen LogP contribution in [-0.4, -0.2) is 53.9 Å². The van der Waals surface area contributed by atoms with Gasteiger partial charge < -0.3 is 19.6 Å². The number of H-pyrrole nitrogens is 1. The topological polar surface area (TPSA) is 94.5 Å². The van der Waals surface area contributed by atoms with E-state index < -0.39 is 30.2 Å². The summed E-state index contributed by atoms with van der Waals surface area (Å²) in [6.07, 6.45) is 1.39. The summed E-state index contributed by atoms with van der Waals surface area (Å²) in [6, 6.07) is 7.58. The second-order valence-electron chi connectivity index (χ2n) is 7.80. The van der Waals surface area contributed by atoms with E-state index >= 15 is 4.39 Å². The first kappa shape index (κ1) is 17.7. The minimum atomic E-state index is -2.70. The number of benzene rings is 1. The van der Waals surface area contributed by atoms with Gasteiger partial charge in [-0.3, -0.25) is 14.5 Å². The molecule has 1 aliphatic rings. The Hall–Kier alpha value is -3.79. The number of carbonyl (C=O) groups is 1. The number of nitrogens with one attached hydrogen (secondary N) is 2. The molecule has 4 aromatic rings. The van der Waals surface area contributed by atoms with E-state index in [0.29, 0.717) is 54.6 Å². The van der Waals surface area contributed by atoms with Crippen molar-refractivity contribution in [2.24, 2.45) is 0 Å². The Balaban J connectivity index is 1.27. The largest absolute Gasteiger partial charge is 0.463 e. The highest BCUT2D eigenvalue weighted by Crippen LogP contribution is 2.27. The molecule has 2 N–H and O–H groups in total. The second-order valence-corrected chi connectivity index (χ2v) is 7.80. The maximum absolute atomic E-state index is 15.3. The van der Waals surface area contributed by atoms with Crippen LogP contribution in [0, 0.1) is 11.8 Å². The summed E-state index contributed by atoms with van der Waals surface area (Å²) in [5, 5.41) is 2.62. The van der Waals surface area contributed by atoms with Crippen molar-refractivity contribution < 1.29 is 22.1 Å². The Morgan fingerprint density at radius 3 is 2.76 bits per heavy atom. The zero-order valence-electron chi connectivity index (χ0n) is 20.3. The number of hydrogen-bond acceptors (Lipinski definition) is 6. The van der Waals surface area contributed by atoms with E-state index in [4.69, 9.17) is 8.53 Å². The quantitative estimate of drug-likeness (QED) is 0.459. The predicted molar refractivity (Wildman–Crippen MR) is 119 cm³/mol. The highest BCUT2D eigenvalue weighted by Gasteiger charge is 2.23. The van der Waals surface area contributed by atoms with Crippen LogP contribution in [0.25, 0.3) is 21.9 Å². The first-order valence-corrected chi connectivity index (χ1v) is 10.3.